The Balaban J connectivity index is 1.92. The second-order valence-electron chi connectivity index (χ2n) is 7.40. The maximum absolute atomic E-state index is 11.5. The third-order valence-electron chi connectivity index (χ3n) is 5.24. The molecular formula is C21H25N5OS. The molecule has 0 aromatic carbocycles. The summed E-state index contributed by atoms with van der Waals surface area (Å²) in [6, 6.07) is 4.42. The molecule has 0 saturated carbocycles. The number of pyridine rings is 1. The van der Waals surface area contributed by atoms with Crippen LogP contribution in [0.2, 0.25) is 0 Å². The number of amides is 1. The Labute approximate surface area is 169 Å². The van der Waals surface area contributed by atoms with Gasteiger partial charge in [-0.25, -0.2) is 4.98 Å². The third kappa shape index (κ3) is 3.35. The fourth-order valence-electron chi connectivity index (χ4n) is 3.62. The van der Waals surface area contributed by atoms with Crippen LogP contribution < -0.4 is 5.32 Å². The van der Waals surface area contributed by atoms with Crippen LogP contribution in [0.4, 0.5) is 5.13 Å². The first kappa shape index (κ1) is 18.8. The Hall–Kier alpha value is -2.54. The van der Waals surface area contributed by atoms with Crippen molar-refractivity contribution in [1.29, 1.82) is 0 Å². The molecule has 0 fully saturated rings. The topological polar surface area (TPSA) is 72.7 Å². The van der Waals surface area contributed by atoms with Gasteiger partial charge in [0.1, 0.15) is 0 Å². The Bertz CT molecular complexity index is 1020. The van der Waals surface area contributed by atoms with E-state index in [-0.39, 0.29) is 11.9 Å². The minimum atomic E-state index is -0.0917. The lowest BCUT2D eigenvalue weighted by Crippen LogP contribution is -2.07. The van der Waals surface area contributed by atoms with Crippen molar-refractivity contribution in [3.63, 3.8) is 0 Å². The average molecular weight is 396 g/mol. The van der Waals surface area contributed by atoms with Gasteiger partial charge in [-0.15, -0.1) is 0 Å². The molecule has 3 heterocycles. The molecule has 3 aromatic rings. The van der Waals surface area contributed by atoms with Crippen LogP contribution in [0.3, 0.4) is 0 Å². The lowest BCUT2D eigenvalue weighted by Gasteiger charge is -2.13. The second kappa shape index (κ2) is 7.47. The smallest absolute Gasteiger partial charge is 0.223 e. The van der Waals surface area contributed by atoms with Crippen LogP contribution in [-0.4, -0.2) is 25.7 Å². The molecule has 4 rings (SSSR count). The van der Waals surface area contributed by atoms with E-state index in [1.54, 1.807) is 11.3 Å². The van der Waals surface area contributed by atoms with Gasteiger partial charge in [0.25, 0.3) is 0 Å². The van der Waals surface area contributed by atoms with Crippen LogP contribution in [-0.2, 0) is 17.6 Å². The van der Waals surface area contributed by atoms with Gasteiger partial charge in [-0.05, 0) is 51.7 Å². The van der Waals surface area contributed by atoms with E-state index in [1.165, 1.54) is 12.5 Å². The van der Waals surface area contributed by atoms with E-state index in [1.807, 2.05) is 19.2 Å². The summed E-state index contributed by atoms with van der Waals surface area (Å²) in [7, 11) is 0. The van der Waals surface area contributed by atoms with Crippen LogP contribution in [0.5, 0.6) is 0 Å². The highest BCUT2D eigenvalue weighted by molar-refractivity contribution is 7.19. The van der Waals surface area contributed by atoms with Gasteiger partial charge in [-0.2, -0.15) is 5.10 Å². The standard InChI is InChI=1S/C21H25N5OS/c1-5-13(3)26-19-16(18(25-26)15-10-9-12(2)22-11-15)7-6-8-17-20(19)28-21(24-17)23-14(4)27/h9-11,13H,5-8H2,1-4H3,(H,23,24,27). The summed E-state index contributed by atoms with van der Waals surface area (Å²) in [6.07, 6.45) is 5.80. The summed E-state index contributed by atoms with van der Waals surface area (Å²) in [5.41, 5.74) is 6.56. The fourth-order valence-corrected chi connectivity index (χ4v) is 4.74. The number of anilines is 1. The zero-order chi connectivity index (χ0) is 19.8. The maximum atomic E-state index is 11.5. The van der Waals surface area contributed by atoms with Gasteiger partial charge in [-0.3, -0.25) is 14.5 Å². The summed E-state index contributed by atoms with van der Waals surface area (Å²) in [5, 5.41) is 8.56. The lowest BCUT2D eigenvalue weighted by molar-refractivity contribution is -0.114. The molecule has 7 heteroatoms. The number of carbonyl (C=O) groups excluding carboxylic acids is 1. The molecular weight excluding hydrogens is 370 g/mol. The van der Waals surface area contributed by atoms with Crippen LogP contribution in [0, 0.1) is 6.92 Å². The van der Waals surface area contributed by atoms with Crippen molar-refractivity contribution in [3.8, 4) is 21.8 Å². The molecule has 0 saturated heterocycles. The van der Waals surface area contributed by atoms with E-state index in [0.717, 1.165) is 58.9 Å². The van der Waals surface area contributed by atoms with Gasteiger partial charge in [0.05, 0.1) is 22.0 Å². The average Bonchev–Trinajstić information content (AvgIpc) is 3.18. The highest BCUT2D eigenvalue weighted by Crippen LogP contribution is 2.43. The summed E-state index contributed by atoms with van der Waals surface area (Å²) in [5.74, 6) is -0.0917. The Morgan fingerprint density at radius 1 is 1.36 bits per heavy atom. The van der Waals surface area contributed by atoms with Crippen LogP contribution in [0.25, 0.3) is 21.8 Å². The van der Waals surface area contributed by atoms with Gasteiger partial charge in [-0.1, -0.05) is 18.3 Å². The normalized spacial score (nSPS) is 14.1. The summed E-state index contributed by atoms with van der Waals surface area (Å²) in [4.78, 5) is 21.8. The van der Waals surface area contributed by atoms with Gasteiger partial charge >= 0.3 is 0 Å². The molecule has 1 aliphatic rings. The van der Waals surface area contributed by atoms with E-state index in [9.17, 15) is 4.79 Å². The van der Waals surface area contributed by atoms with Crippen molar-refractivity contribution >= 4 is 22.4 Å². The van der Waals surface area contributed by atoms with Crippen molar-refractivity contribution < 1.29 is 4.79 Å². The van der Waals surface area contributed by atoms with Crippen LogP contribution >= 0.6 is 11.3 Å². The summed E-state index contributed by atoms with van der Waals surface area (Å²) >= 11 is 1.55. The first-order chi connectivity index (χ1) is 13.5. The Morgan fingerprint density at radius 3 is 2.86 bits per heavy atom. The molecule has 1 atom stereocenters. The molecule has 6 nitrogen and oxygen atoms in total. The lowest BCUT2D eigenvalue weighted by atomic mass is 10.0. The largest absolute Gasteiger partial charge is 0.302 e. The molecule has 1 unspecified atom stereocenters. The second-order valence-corrected chi connectivity index (χ2v) is 8.39. The molecule has 146 valence electrons. The van der Waals surface area contributed by atoms with Gasteiger partial charge in [0.15, 0.2) is 5.13 Å². The van der Waals surface area contributed by atoms with Crippen molar-refractivity contribution in [1.82, 2.24) is 19.7 Å². The first-order valence-corrected chi connectivity index (χ1v) is 10.6. The van der Waals surface area contributed by atoms with Crippen LogP contribution in [0.15, 0.2) is 18.3 Å². The predicted molar refractivity (Wildman–Crippen MR) is 113 cm³/mol. The minimum absolute atomic E-state index is 0.0917. The number of rotatable bonds is 4. The number of thiazole rings is 1. The number of carbonyl (C=O) groups is 1. The molecule has 28 heavy (non-hydrogen) atoms. The molecule has 0 spiro atoms. The van der Waals surface area contributed by atoms with Crippen molar-refractivity contribution in [2.24, 2.45) is 0 Å². The first-order valence-electron chi connectivity index (χ1n) is 9.80. The number of fused-ring (bicyclic) bond motifs is 3. The van der Waals surface area contributed by atoms with Gasteiger partial charge < -0.3 is 5.32 Å². The van der Waals surface area contributed by atoms with Gasteiger partial charge in [0.2, 0.25) is 5.91 Å². The zero-order valence-electron chi connectivity index (χ0n) is 16.7. The third-order valence-corrected chi connectivity index (χ3v) is 6.26. The molecule has 0 aliphatic heterocycles. The molecule has 3 aromatic heterocycles. The molecule has 0 bridgehead atoms. The van der Waals surface area contributed by atoms with Crippen LogP contribution in [0.1, 0.15) is 56.6 Å². The predicted octanol–water partition coefficient (Wildman–Crippen LogP) is 4.80. The fraction of sp³-hybridized carbons (Fsp3) is 0.429. The number of hydrogen-bond acceptors (Lipinski definition) is 5. The number of aromatic nitrogens is 4. The van der Waals surface area contributed by atoms with E-state index in [0.29, 0.717) is 5.13 Å². The summed E-state index contributed by atoms with van der Waals surface area (Å²) in [6.45, 7) is 7.89. The number of nitrogens with one attached hydrogen (secondary N) is 1. The van der Waals surface area contributed by atoms with Crippen molar-refractivity contribution in [2.45, 2.75) is 59.4 Å². The number of nitrogens with zero attached hydrogens (tertiary/aromatic N) is 4. The number of hydrogen-bond donors (Lipinski definition) is 1. The zero-order valence-corrected chi connectivity index (χ0v) is 17.6. The van der Waals surface area contributed by atoms with Crippen molar-refractivity contribution in [3.05, 3.63) is 35.3 Å². The minimum Gasteiger partial charge on any atom is -0.302 e. The van der Waals surface area contributed by atoms with E-state index in [4.69, 9.17) is 10.1 Å². The molecule has 1 aliphatic carbocycles. The Morgan fingerprint density at radius 2 is 2.18 bits per heavy atom. The number of aryl methyl sites for hydroxylation is 2. The van der Waals surface area contributed by atoms with E-state index >= 15 is 0 Å². The van der Waals surface area contributed by atoms with E-state index in [2.05, 4.69) is 34.9 Å². The molecule has 1 N–H and O–H groups in total. The highest BCUT2D eigenvalue weighted by atomic mass is 32.1. The van der Waals surface area contributed by atoms with Crippen molar-refractivity contribution in [2.75, 3.05) is 5.32 Å². The quantitative estimate of drug-likeness (QED) is 0.689. The van der Waals surface area contributed by atoms with Gasteiger partial charge in [0, 0.05) is 36.0 Å². The Kier molecular flexibility index (Phi) is 5.02. The highest BCUT2D eigenvalue weighted by Gasteiger charge is 2.29. The maximum Gasteiger partial charge on any atom is 0.223 e. The molecule has 1 amide bonds. The van der Waals surface area contributed by atoms with E-state index < -0.39 is 0 Å². The SMILES string of the molecule is CCC(C)n1nc(-c2ccc(C)nc2)c2c1-c1sc(NC(C)=O)nc1CCC2. The summed E-state index contributed by atoms with van der Waals surface area (Å²) < 4.78 is 2.16. The monoisotopic (exact) mass is 395 g/mol. The molecule has 0 radical (unpaired) electrons.